The van der Waals surface area contributed by atoms with E-state index in [-0.39, 0.29) is 23.3 Å². The molecule has 0 aromatic carbocycles. The molecule has 2 aromatic rings. The predicted molar refractivity (Wildman–Crippen MR) is 86.1 cm³/mol. The number of hydrogen-bond acceptors (Lipinski definition) is 7. The number of hydrogen-bond donors (Lipinski definition) is 2. The second-order valence-electron chi connectivity index (χ2n) is 5.29. The number of pyridine rings is 2. The van der Waals surface area contributed by atoms with Crippen molar-refractivity contribution < 1.29 is 14.5 Å². The van der Waals surface area contributed by atoms with Gasteiger partial charge in [-0.15, -0.1) is 0 Å². The lowest BCUT2D eigenvalue weighted by molar-refractivity contribution is -0.388. The lowest BCUT2D eigenvalue weighted by Crippen LogP contribution is -2.14. The summed E-state index contributed by atoms with van der Waals surface area (Å²) in [5.41, 5.74) is 0.244. The highest BCUT2D eigenvalue weighted by Crippen LogP contribution is 2.31. The van der Waals surface area contributed by atoms with Gasteiger partial charge in [0.2, 0.25) is 5.91 Å². The molecule has 0 saturated heterocycles. The molecule has 9 nitrogen and oxygen atoms in total. The number of nitrogens with one attached hydrogen (secondary N) is 2. The molecule has 9 heteroatoms. The molecule has 24 heavy (non-hydrogen) atoms. The minimum absolute atomic E-state index is 0.0471. The summed E-state index contributed by atoms with van der Waals surface area (Å²) in [6.07, 6.45) is 4.59. The standard InChI is InChI=1S/C15H15N5O4/c1-16-12-6-11(8-18-14(12)20(22)23)24-10-4-5-17-13(7-10)19-15(21)9-2-3-9/h4-9,16H,2-3H2,1H3,(H,17,19,21). The van der Waals surface area contributed by atoms with Crippen LogP contribution in [0.1, 0.15) is 12.8 Å². The van der Waals surface area contributed by atoms with Gasteiger partial charge in [0, 0.05) is 31.3 Å². The fourth-order valence-corrected chi connectivity index (χ4v) is 2.08. The summed E-state index contributed by atoms with van der Waals surface area (Å²) in [5, 5.41) is 16.3. The number of aromatic nitrogens is 2. The Bertz CT molecular complexity index is 791. The van der Waals surface area contributed by atoms with Gasteiger partial charge in [-0.2, -0.15) is 0 Å². The van der Waals surface area contributed by atoms with Crippen LogP contribution in [0.4, 0.5) is 17.3 Å². The summed E-state index contributed by atoms with van der Waals surface area (Å²) in [6, 6.07) is 4.68. The fraction of sp³-hybridized carbons (Fsp3) is 0.267. The highest BCUT2D eigenvalue weighted by molar-refractivity contribution is 5.93. The van der Waals surface area contributed by atoms with E-state index < -0.39 is 4.92 Å². The summed E-state index contributed by atoms with van der Waals surface area (Å²) < 4.78 is 5.64. The van der Waals surface area contributed by atoms with E-state index in [4.69, 9.17) is 4.74 Å². The van der Waals surface area contributed by atoms with Gasteiger partial charge >= 0.3 is 5.82 Å². The molecule has 0 spiro atoms. The summed E-state index contributed by atoms with van der Waals surface area (Å²) >= 11 is 0. The van der Waals surface area contributed by atoms with Gasteiger partial charge in [0.05, 0.1) is 0 Å². The predicted octanol–water partition coefficient (Wildman–Crippen LogP) is 2.57. The minimum Gasteiger partial charge on any atom is -0.453 e. The van der Waals surface area contributed by atoms with E-state index in [1.54, 1.807) is 19.2 Å². The number of amides is 1. The van der Waals surface area contributed by atoms with Crippen molar-refractivity contribution in [2.24, 2.45) is 5.92 Å². The monoisotopic (exact) mass is 329 g/mol. The van der Waals surface area contributed by atoms with Crippen LogP contribution >= 0.6 is 0 Å². The lowest BCUT2D eigenvalue weighted by Gasteiger charge is -2.08. The SMILES string of the molecule is CNc1cc(Oc2ccnc(NC(=O)C3CC3)c2)cnc1[N+](=O)[O-]. The number of nitro groups is 1. The molecular formula is C15H15N5O4. The van der Waals surface area contributed by atoms with E-state index in [0.29, 0.717) is 17.3 Å². The van der Waals surface area contributed by atoms with Crippen LogP contribution in [-0.4, -0.2) is 27.8 Å². The number of rotatable bonds is 6. The van der Waals surface area contributed by atoms with E-state index in [9.17, 15) is 14.9 Å². The quantitative estimate of drug-likeness (QED) is 0.617. The van der Waals surface area contributed by atoms with Crippen molar-refractivity contribution in [1.29, 1.82) is 0 Å². The molecule has 1 amide bonds. The summed E-state index contributed by atoms with van der Waals surface area (Å²) in [4.78, 5) is 29.9. The fourth-order valence-electron chi connectivity index (χ4n) is 2.08. The first-order valence-corrected chi connectivity index (χ1v) is 7.34. The van der Waals surface area contributed by atoms with Crippen LogP contribution in [0.2, 0.25) is 0 Å². The van der Waals surface area contributed by atoms with Gasteiger partial charge in [0.15, 0.2) is 11.9 Å². The van der Waals surface area contributed by atoms with Gasteiger partial charge in [-0.25, -0.2) is 4.98 Å². The highest BCUT2D eigenvalue weighted by Gasteiger charge is 2.29. The normalized spacial score (nSPS) is 13.2. The minimum atomic E-state index is -0.576. The van der Waals surface area contributed by atoms with E-state index in [1.807, 2.05) is 0 Å². The van der Waals surface area contributed by atoms with Gasteiger partial charge in [0.25, 0.3) is 0 Å². The molecule has 2 N–H and O–H groups in total. The highest BCUT2D eigenvalue weighted by atomic mass is 16.6. The molecule has 1 fully saturated rings. The molecule has 1 aliphatic rings. The van der Waals surface area contributed by atoms with Crippen LogP contribution in [0.25, 0.3) is 0 Å². The van der Waals surface area contributed by atoms with Crippen LogP contribution in [-0.2, 0) is 4.79 Å². The molecular weight excluding hydrogens is 314 g/mol. The van der Waals surface area contributed by atoms with Crippen LogP contribution in [0.3, 0.4) is 0 Å². The van der Waals surface area contributed by atoms with Gasteiger partial charge in [-0.1, -0.05) is 0 Å². The lowest BCUT2D eigenvalue weighted by atomic mass is 10.3. The van der Waals surface area contributed by atoms with E-state index >= 15 is 0 Å². The summed E-state index contributed by atoms with van der Waals surface area (Å²) in [5.74, 6) is 0.914. The smallest absolute Gasteiger partial charge is 0.387 e. The second kappa shape index (κ2) is 6.49. The van der Waals surface area contributed by atoms with E-state index in [0.717, 1.165) is 12.8 Å². The Kier molecular flexibility index (Phi) is 4.23. The van der Waals surface area contributed by atoms with Crippen molar-refractivity contribution >= 4 is 23.2 Å². The van der Waals surface area contributed by atoms with Crippen LogP contribution in [0, 0.1) is 16.0 Å². The number of anilines is 2. The molecule has 0 atom stereocenters. The number of ether oxygens (including phenoxy) is 1. The van der Waals surface area contributed by atoms with Crippen molar-refractivity contribution in [3.05, 3.63) is 40.7 Å². The molecule has 0 unspecified atom stereocenters. The first-order valence-electron chi connectivity index (χ1n) is 7.34. The van der Waals surface area contributed by atoms with Crippen molar-refractivity contribution in [3.63, 3.8) is 0 Å². The number of carbonyl (C=O) groups excluding carboxylic acids is 1. The molecule has 1 saturated carbocycles. The van der Waals surface area contributed by atoms with Crippen molar-refractivity contribution in [1.82, 2.24) is 9.97 Å². The zero-order valence-electron chi connectivity index (χ0n) is 12.9. The Balaban J connectivity index is 1.75. The molecule has 0 aliphatic heterocycles. The zero-order valence-corrected chi connectivity index (χ0v) is 12.9. The second-order valence-corrected chi connectivity index (χ2v) is 5.29. The molecule has 2 aromatic heterocycles. The average Bonchev–Trinajstić information content (AvgIpc) is 3.39. The summed E-state index contributed by atoms with van der Waals surface area (Å²) in [7, 11) is 1.56. The third-order valence-corrected chi connectivity index (χ3v) is 3.45. The van der Waals surface area contributed by atoms with Crippen LogP contribution in [0.5, 0.6) is 11.5 Å². The Hall–Kier alpha value is -3.23. The third kappa shape index (κ3) is 3.57. The van der Waals surface area contributed by atoms with Crippen molar-refractivity contribution in [2.75, 3.05) is 17.7 Å². The zero-order chi connectivity index (χ0) is 17.1. The molecule has 0 bridgehead atoms. The molecule has 3 rings (SSSR count). The molecule has 2 heterocycles. The topological polar surface area (TPSA) is 119 Å². The third-order valence-electron chi connectivity index (χ3n) is 3.45. The van der Waals surface area contributed by atoms with Gasteiger partial charge < -0.3 is 25.5 Å². The number of nitrogens with zero attached hydrogens (tertiary/aromatic N) is 3. The maximum Gasteiger partial charge on any atom is 0.387 e. The Morgan fingerprint density at radius 2 is 2.12 bits per heavy atom. The number of carbonyl (C=O) groups is 1. The first-order chi connectivity index (χ1) is 11.6. The van der Waals surface area contributed by atoms with E-state index in [2.05, 4.69) is 20.6 Å². The first kappa shape index (κ1) is 15.7. The van der Waals surface area contributed by atoms with Crippen molar-refractivity contribution in [2.45, 2.75) is 12.8 Å². The Morgan fingerprint density at radius 1 is 1.33 bits per heavy atom. The molecule has 0 radical (unpaired) electrons. The maximum atomic E-state index is 11.8. The largest absolute Gasteiger partial charge is 0.453 e. The molecule has 124 valence electrons. The van der Waals surface area contributed by atoms with Gasteiger partial charge in [-0.05, 0) is 28.8 Å². The summed E-state index contributed by atoms with van der Waals surface area (Å²) in [6.45, 7) is 0. The maximum absolute atomic E-state index is 11.8. The van der Waals surface area contributed by atoms with E-state index in [1.165, 1.54) is 18.5 Å². The Morgan fingerprint density at radius 3 is 2.79 bits per heavy atom. The van der Waals surface area contributed by atoms with Crippen LogP contribution < -0.4 is 15.4 Å². The van der Waals surface area contributed by atoms with Crippen molar-refractivity contribution in [3.8, 4) is 11.5 Å². The van der Waals surface area contributed by atoms with Gasteiger partial charge in [-0.3, -0.25) is 4.79 Å². The van der Waals surface area contributed by atoms with Gasteiger partial charge in [0.1, 0.15) is 17.3 Å². The Labute approximate surface area is 137 Å². The van der Waals surface area contributed by atoms with Crippen LogP contribution in [0.15, 0.2) is 30.6 Å². The average molecular weight is 329 g/mol. The molecule has 1 aliphatic carbocycles.